The van der Waals surface area contributed by atoms with Gasteiger partial charge in [0.25, 0.3) is 0 Å². The SMILES string of the molecule is CCCc1nc(CCC)n2[nH]c(=O)nc2c1Cc1ccc(-c2ccccc2C#N)cc1. The number of hydrogen-bond donors (Lipinski definition) is 1. The third kappa shape index (κ3) is 4.13. The van der Waals surface area contributed by atoms with Gasteiger partial charge in [0.1, 0.15) is 5.82 Å². The van der Waals surface area contributed by atoms with Crippen LogP contribution in [0.15, 0.2) is 53.3 Å². The second-order valence-corrected chi connectivity index (χ2v) is 7.67. The fourth-order valence-corrected chi connectivity index (χ4v) is 3.97. The predicted molar refractivity (Wildman–Crippen MR) is 121 cm³/mol. The highest BCUT2D eigenvalue weighted by Crippen LogP contribution is 2.25. The molecule has 0 aliphatic rings. The molecule has 0 radical (unpaired) electrons. The summed E-state index contributed by atoms with van der Waals surface area (Å²) in [5.74, 6) is 0.850. The molecule has 6 heteroatoms. The lowest BCUT2D eigenvalue weighted by molar-refractivity contribution is 0.725. The van der Waals surface area contributed by atoms with Gasteiger partial charge in [0.2, 0.25) is 0 Å². The van der Waals surface area contributed by atoms with Crippen LogP contribution in [0.5, 0.6) is 0 Å². The van der Waals surface area contributed by atoms with Crippen LogP contribution in [-0.2, 0) is 19.3 Å². The minimum Gasteiger partial charge on any atom is -0.244 e. The van der Waals surface area contributed by atoms with Gasteiger partial charge in [0, 0.05) is 24.1 Å². The first-order valence-corrected chi connectivity index (χ1v) is 10.7. The van der Waals surface area contributed by atoms with Crippen molar-refractivity contribution in [2.24, 2.45) is 0 Å². The van der Waals surface area contributed by atoms with Gasteiger partial charge >= 0.3 is 5.69 Å². The third-order valence-electron chi connectivity index (χ3n) is 5.42. The molecule has 0 fully saturated rings. The number of nitrogens with zero attached hydrogens (tertiary/aromatic N) is 4. The molecular weight excluding hydrogens is 386 g/mol. The molecule has 0 aliphatic carbocycles. The molecule has 156 valence electrons. The van der Waals surface area contributed by atoms with Crippen LogP contribution < -0.4 is 5.69 Å². The molecule has 6 nitrogen and oxygen atoms in total. The molecular formula is C25H25N5O. The van der Waals surface area contributed by atoms with Crippen molar-refractivity contribution in [1.82, 2.24) is 19.6 Å². The van der Waals surface area contributed by atoms with E-state index in [0.717, 1.165) is 59.5 Å². The van der Waals surface area contributed by atoms with Crippen molar-refractivity contribution in [1.29, 1.82) is 5.26 Å². The Bertz CT molecular complexity index is 1310. The number of fused-ring (bicyclic) bond motifs is 1. The summed E-state index contributed by atoms with van der Waals surface area (Å²) in [5, 5.41) is 12.2. The Kier molecular flexibility index (Phi) is 5.94. The van der Waals surface area contributed by atoms with Crippen molar-refractivity contribution in [2.75, 3.05) is 0 Å². The van der Waals surface area contributed by atoms with Crippen LogP contribution in [0.4, 0.5) is 0 Å². The number of aromatic amines is 1. The monoisotopic (exact) mass is 411 g/mol. The molecule has 0 unspecified atom stereocenters. The van der Waals surface area contributed by atoms with Crippen molar-refractivity contribution in [3.8, 4) is 17.2 Å². The van der Waals surface area contributed by atoms with Crippen molar-refractivity contribution in [3.05, 3.63) is 87.2 Å². The quantitative estimate of drug-likeness (QED) is 0.487. The van der Waals surface area contributed by atoms with Gasteiger partial charge in [-0.3, -0.25) is 0 Å². The van der Waals surface area contributed by atoms with E-state index in [-0.39, 0.29) is 5.69 Å². The summed E-state index contributed by atoms with van der Waals surface area (Å²) in [6, 6.07) is 18.1. The molecule has 4 aromatic rings. The second-order valence-electron chi connectivity index (χ2n) is 7.67. The molecule has 4 rings (SSSR count). The number of aryl methyl sites for hydroxylation is 2. The zero-order valence-corrected chi connectivity index (χ0v) is 17.9. The van der Waals surface area contributed by atoms with Gasteiger partial charge in [0.15, 0.2) is 5.65 Å². The van der Waals surface area contributed by atoms with E-state index in [1.807, 2.05) is 36.4 Å². The van der Waals surface area contributed by atoms with Gasteiger partial charge in [-0.1, -0.05) is 62.7 Å². The summed E-state index contributed by atoms with van der Waals surface area (Å²) in [7, 11) is 0. The maximum atomic E-state index is 12.0. The lowest BCUT2D eigenvalue weighted by Gasteiger charge is -2.13. The first-order chi connectivity index (χ1) is 15.1. The highest BCUT2D eigenvalue weighted by Gasteiger charge is 2.17. The number of nitriles is 1. The number of aromatic nitrogens is 4. The lowest BCUT2D eigenvalue weighted by atomic mass is 9.97. The molecule has 2 aromatic heterocycles. The zero-order chi connectivity index (χ0) is 21.8. The Morgan fingerprint density at radius 3 is 2.45 bits per heavy atom. The Hall–Kier alpha value is -3.72. The van der Waals surface area contributed by atoms with Crippen molar-refractivity contribution in [2.45, 2.75) is 46.0 Å². The molecule has 0 bridgehead atoms. The molecule has 0 aliphatic heterocycles. The summed E-state index contributed by atoms with van der Waals surface area (Å²) < 4.78 is 1.75. The largest absolute Gasteiger partial charge is 0.362 e. The molecule has 2 heterocycles. The number of nitrogens with one attached hydrogen (secondary N) is 1. The van der Waals surface area contributed by atoms with Gasteiger partial charge in [-0.05, 0) is 35.6 Å². The average molecular weight is 412 g/mol. The Labute approximate surface area is 181 Å². The molecule has 0 saturated heterocycles. The van der Waals surface area contributed by atoms with Gasteiger partial charge in [-0.25, -0.2) is 19.4 Å². The number of hydrogen-bond acceptors (Lipinski definition) is 4. The minimum absolute atomic E-state index is 0.350. The number of benzene rings is 2. The summed E-state index contributed by atoms with van der Waals surface area (Å²) >= 11 is 0. The summed E-state index contributed by atoms with van der Waals surface area (Å²) in [6.07, 6.45) is 4.19. The van der Waals surface area contributed by atoms with Crippen molar-refractivity contribution >= 4 is 5.65 Å². The van der Waals surface area contributed by atoms with Gasteiger partial charge < -0.3 is 0 Å². The van der Waals surface area contributed by atoms with E-state index in [4.69, 9.17) is 4.98 Å². The first kappa shape index (κ1) is 20.5. The van der Waals surface area contributed by atoms with Crippen LogP contribution >= 0.6 is 0 Å². The molecule has 1 N–H and O–H groups in total. The van der Waals surface area contributed by atoms with E-state index in [2.05, 4.69) is 42.1 Å². The third-order valence-corrected chi connectivity index (χ3v) is 5.42. The Balaban J connectivity index is 1.74. The van der Waals surface area contributed by atoms with Crippen LogP contribution in [-0.4, -0.2) is 19.6 Å². The normalized spacial score (nSPS) is 11.0. The van der Waals surface area contributed by atoms with Crippen LogP contribution in [0.1, 0.15) is 54.9 Å². The maximum Gasteiger partial charge on any atom is 0.362 e. The Morgan fingerprint density at radius 2 is 1.74 bits per heavy atom. The topological polar surface area (TPSA) is 86.8 Å². The van der Waals surface area contributed by atoms with Crippen LogP contribution in [0, 0.1) is 11.3 Å². The fraction of sp³-hybridized carbons (Fsp3) is 0.280. The molecule has 31 heavy (non-hydrogen) atoms. The van der Waals surface area contributed by atoms with E-state index < -0.39 is 0 Å². The Morgan fingerprint density at radius 1 is 1.00 bits per heavy atom. The second kappa shape index (κ2) is 8.97. The van der Waals surface area contributed by atoms with E-state index >= 15 is 0 Å². The summed E-state index contributed by atoms with van der Waals surface area (Å²) in [4.78, 5) is 21.2. The van der Waals surface area contributed by atoms with Crippen LogP contribution in [0.25, 0.3) is 16.8 Å². The van der Waals surface area contributed by atoms with Crippen LogP contribution in [0.2, 0.25) is 0 Å². The minimum atomic E-state index is -0.350. The van der Waals surface area contributed by atoms with Gasteiger partial charge in [-0.2, -0.15) is 10.2 Å². The lowest BCUT2D eigenvalue weighted by Crippen LogP contribution is -2.11. The average Bonchev–Trinajstić information content (AvgIpc) is 3.19. The smallest absolute Gasteiger partial charge is 0.244 e. The number of rotatable bonds is 7. The molecule has 0 amide bonds. The number of H-pyrrole nitrogens is 1. The van der Waals surface area contributed by atoms with E-state index in [1.54, 1.807) is 4.52 Å². The van der Waals surface area contributed by atoms with E-state index in [1.165, 1.54) is 0 Å². The maximum absolute atomic E-state index is 12.0. The summed E-state index contributed by atoms with van der Waals surface area (Å²) in [6.45, 7) is 4.23. The van der Waals surface area contributed by atoms with Crippen LogP contribution in [0.3, 0.4) is 0 Å². The zero-order valence-electron chi connectivity index (χ0n) is 17.9. The standard InChI is InChI=1S/C25H25N5O/c1-3-7-22-21(24-28-25(31)29-30(24)23(27-22)8-4-2)15-17-11-13-18(14-12-17)20-10-6-5-9-19(20)16-26/h5-6,9-14H,3-4,7-8,15H2,1-2H3,(H,29,31). The van der Waals surface area contributed by atoms with E-state index in [9.17, 15) is 10.1 Å². The summed E-state index contributed by atoms with van der Waals surface area (Å²) in [5.41, 5.74) is 6.03. The first-order valence-electron chi connectivity index (χ1n) is 10.7. The van der Waals surface area contributed by atoms with Gasteiger partial charge in [-0.15, -0.1) is 0 Å². The van der Waals surface area contributed by atoms with Crippen molar-refractivity contribution < 1.29 is 0 Å². The fourth-order valence-electron chi connectivity index (χ4n) is 3.97. The molecule has 0 saturated carbocycles. The highest BCUT2D eigenvalue weighted by molar-refractivity contribution is 5.70. The van der Waals surface area contributed by atoms with Crippen molar-refractivity contribution in [3.63, 3.8) is 0 Å². The predicted octanol–water partition coefficient (Wildman–Crippen LogP) is 4.45. The van der Waals surface area contributed by atoms with Gasteiger partial charge in [0.05, 0.1) is 11.6 Å². The molecule has 2 aromatic carbocycles. The molecule has 0 spiro atoms. The highest BCUT2D eigenvalue weighted by atomic mass is 16.1. The molecule has 0 atom stereocenters. The van der Waals surface area contributed by atoms with E-state index in [0.29, 0.717) is 17.6 Å².